The molecule has 30 heavy (non-hydrogen) atoms. The number of aryl methyl sites for hydroxylation is 1. The summed E-state index contributed by atoms with van der Waals surface area (Å²) in [6.07, 6.45) is 2.75. The Balaban J connectivity index is 1.64. The van der Waals surface area contributed by atoms with Gasteiger partial charge in [-0.05, 0) is 56.0 Å². The van der Waals surface area contributed by atoms with Gasteiger partial charge in [-0.1, -0.05) is 35.9 Å². The molecule has 7 heteroatoms. The molecule has 4 rings (SSSR count). The minimum atomic E-state index is -0.329. The minimum absolute atomic E-state index is 0.254. The fourth-order valence-electron chi connectivity index (χ4n) is 3.58. The van der Waals surface area contributed by atoms with E-state index in [-0.39, 0.29) is 11.8 Å². The number of anilines is 2. The van der Waals surface area contributed by atoms with Gasteiger partial charge in [0.1, 0.15) is 10.8 Å². The minimum Gasteiger partial charge on any atom is -0.492 e. The number of thiophene rings is 1. The summed E-state index contributed by atoms with van der Waals surface area (Å²) in [4.78, 5) is 27.2. The predicted octanol–water partition coefficient (Wildman–Crippen LogP) is 5.79. The molecule has 0 atom stereocenters. The molecular formula is C23H21ClN2O3S. The molecule has 0 fully saturated rings. The van der Waals surface area contributed by atoms with Gasteiger partial charge in [0.05, 0.1) is 28.4 Å². The van der Waals surface area contributed by atoms with E-state index in [0.29, 0.717) is 39.2 Å². The number of fused-ring (bicyclic) bond motifs is 1. The maximum atomic E-state index is 13.3. The van der Waals surface area contributed by atoms with Gasteiger partial charge in [-0.25, -0.2) is 0 Å². The van der Waals surface area contributed by atoms with E-state index in [4.69, 9.17) is 16.3 Å². The second-order valence-electron chi connectivity index (χ2n) is 6.88. The zero-order valence-electron chi connectivity index (χ0n) is 16.5. The molecule has 0 spiro atoms. The number of rotatable bonds is 6. The molecule has 2 N–H and O–H groups in total. The summed E-state index contributed by atoms with van der Waals surface area (Å²) in [6, 6.07) is 14.2. The molecule has 0 saturated carbocycles. The van der Waals surface area contributed by atoms with E-state index in [1.165, 1.54) is 11.3 Å². The standard InChI is InChI=1S/C23H21ClN2O3S/c1-2-29-18-12-6-5-11-17(18)25-22(28)20-15-9-7-13-19(15)30-23(20)26-21(27)14-8-3-4-10-16(14)24/h3-6,8,10-12H,2,7,9,13H2,1H3,(H,25,28)(H,26,27). The van der Waals surface area contributed by atoms with Crippen molar-refractivity contribution in [1.29, 1.82) is 0 Å². The lowest BCUT2D eigenvalue weighted by Crippen LogP contribution is -2.18. The molecule has 0 saturated heterocycles. The van der Waals surface area contributed by atoms with Crippen LogP contribution in [0.2, 0.25) is 5.02 Å². The molecule has 1 aliphatic rings. The molecule has 2 aromatic carbocycles. The molecule has 0 bridgehead atoms. The zero-order chi connectivity index (χ0) is 21.1. The number of hydrogen-bond acceptors (Lipinski definition) is 4. The number of carbonyl (C=O) groups is 2. The Morgan fingerprint density at radius 1 is 1.03 bits per heavy atom. The van der Waals surface area contributed by atoms with Crippen LogP contribution < -0.4 is 15.4 Å². The van der Waals surface area contributed by atoms with E-state index < -0.39 is 0 Å². The van der Waals surface area contributed by atoms with Gasteiger partial charge < -0.3 is 15.4 Å². The largest absolute Gasteiger partial charge is 0.492 e. The van der Waals surface area contributed by atoms with Crippen molar-refractivity contribution in [2.24, 2.45) is 0 Å². The van der Waals surface area contributed by atoms with E-state index in [0.717, 1.165) is 29.7 Å². The zero-order valence-corrected chi connectivity index (χ0v) is 18.0. The van der Waals surface area contributed by atoms with E-state index in [1.54, 1.807) is 30.3 Å². The number of ether oxygens (including phenoxy) is 1. The third-order valence-corrected chi connectivity index (χ3v) is 6.47. The SMILES string of the molecule is CCOc1ccccc1NC(=O)c1c(NC(=O)c2ccccc2Cl)sc2c1CCC2. The molecule has 0 radical (unpaired) electrons. The van der Waals surface area contributed by atoms with E-state index >= 15 is 0 Å². The van der Waals surface area contributed by atoms with Gasteiger partial charge in [-0.2, -0.15) is 0 Å². The van der Waals surface area contributed by atoms with Crippen LogP contribution in [0, 0.1) is 0 Å². The molecule has 1 heterocycles. The number of carbonyl (C=O) groups excluding carboxylic acids is 2. The quantitative estimate of drug-likeness (QED) is 0.509. The van der Waals surface area contributed by atoms with Crippen molar-refractivity contribution in [3.05, 3.63) is 75.1 Å². The number of nitrogens with one attached hydrogen (secondary N) is 2. The van der Waals surface area contributed by atoms with Crippen molar-refractivity contribution in [1.82, 2.24) is 0 Å². The molecule has 3 aromatic rings. The lowest BCUT2D eigenvalue weighted by molar-refractivity contribution is 0.102. The summed E-state index contributed by atoms with van der Waals surface area (Å²) < 4.78 is 5.62. The van der Waals surface area contributed by atoms with Crippen molar-refractivity contribution in [2.45, 2.75) is 26.2 Å². The Bertz CT molecular complexity index is 1110. The Hall–Kier alpha value is -2.83. The molecule has 154 valence electrons. The van der Waals surface area contributed by atoms with Crippen LogP contribution in [0.15, 0.2) is 48.5 Å². The molecule has 1 aliphatic carbocycles. The van der Waals surface area contributed by atoms with Crippen molar-refractivity contribution in [2.75, 3.05) is 17.2 Å². The third-order valence-electron chi connectivity index (χ3n) is 4.93. The van der Waals surface area contributed by atoms with Gasteiger partial charge in [0.25, 0.3) is 11.8 Å². The molecule has 2 amide bonds. The van der Waals surface area contributed by atoms with Crippen LogP contribution in [-0.4, -0.2) is 18.4 Å². The average molecular weight is 441 g/mol. The number of halogens is 1. The highest BCUT2D eigenvalue weighted by Crippen LogP contribution is 2.40. The number of benzene rings is 2. The number of hydrogen-bond donors (Lipinski definition) is 2. The highest BCUT2D eigenvalue weighted by atomic mass is 35.5. The molecular weight excluding hydrogens is 420 g/mol. The van der Waals surface area contributed by atoms with Gasteiger partial charge in [0.15, 0.2) is 0 Å². The molecule has 5 nitrogen and oxygen atoms in total. The van der Waals surface area contributed by atoms with E-state index in [2.05, 4.69) is 10.6 Å². The van der Waals surface area contributed by atoms with Crippen LogP contribution in [-0.2, 0) is 12.8 Å². The second kappa shape index (κ2) is 8.90. The first kappa shape index (κ1) is 20.4. The summed E-state index contributed by atoms with van der Waals surface area (Å²) in [7, 11) is 0. The summed E-state index contributed by atoms with van der Waals surface area (Å²) in [5, 5.41) is 6.79. The van der Waals surface area contributed by atoms with Crippen molar-refractivity contribution >= 4 is 45.4 Å². The lowest BCUT2D eigenvalue weighted by Gasteiger charge is -2.13. The van der Waals surface area contributed by atoms with Crippen molar-refractivity contribution < 1.29 is 14.3 Å². The van der Waals surface area contributed by atoms with Gasteiger partial charge >= 0.3 is 0 Å². The fourth-order valence-corrected chi connectivity index (χ4v) is 5.09. The monoisotopic (exact) mass is 440 g/mol. The smallest absolute Gasteiger partial charge is 0.259 e. The molecule has 0 aliphatic heterocycles. The summed E-state index contributed by atoms with van der Waals surface area (Å²) >= 11 is 7.63. The normalized spacial score (nSPS) is 12.3. The number of amides is 2. The van der Waals surface area contributed by atoms with Crippen LogP contribution in [0.3, 0.4) is 0 Å². The van der Waals surface area contributed by atoms with Crippen LogP contribution in [0.4, 0.5) is 10.7 Å². The summed E-state index contributed by atoms with van der Waals surface area (Å²) in [6.45, 7) is 2.40. The first-order valence-electron chi connectivity index (χ1n) is 9.82. The average Bonchev–Trinajstić information content (AvgIpc) is 3.30. The molecule has 0 unspecified atom stereocenters. The van der Waals surface area contributed by atoms with Crippen LogP contribution >= 0.6 is 22.9 Å². The van der Waals surface area contributed by atoms with Crippen LogP contribution in [0.5, 0.6) is 5.75 Å². The summed E-state index contributed by atoms with van der Waals surface area (Å²) in [5.74, 6) is 0.0298. The fraction of sp³-hybridized carbons (Fsp3) is 0.217. The first-order valence-corrected chi connectivity index (χ1v) is 11.0. The number of para-hydroxylation sites is 2. The van der Waals surface area contributed by atoms with Gasteiger partial charge in [-0.3, -0.25) is 9.59 Å². The Morgan fingerprint density at radius 2 is 1.80 bits per heavy atom. The molecule has 1 aromatic heterocycles. The van der Waals surface area contributed by atoms with E-state index in [1.807, 2.05) is 25.1 Å². The Morgan fingerprint density at radius 3 is 2.60 bits per heavy atom. The first-order chi connectivity index (χ1) is 14.6. The third kappa shape index (κ3) is 4.06. The van der Waals surface area contributed by atoms with Gasteiger partial charge in [0.2, 0.25) is 0 Å². The van der Waals surface area contributed by atoms with Crippen molar-refractivity contribution in [3.8, 4) is 5.75 Å². The highest BCUT2D eigenvalue weighted by Gasteiger charge is 2.28. The maximum Gasteiger partial charge on any atom is 0.259 e. The Labute approximate surface area is 184 Å². The van der Waals surface area contributed by atoms with Crippen LogP contribution in [0.25, 0.3) is 0 Å². The summed E-state index contributed by atoms with van der Waals surface area (Å²) in [5.41, 5.74) is 2.52. The van der Waals surface area contributed by atoms with Crippen molar-refractivity contribution in [3.63, 3.8) is 0 Å². The maximum absolute atomic E-state index is 13.3. The lowest BCUT2D eigenvalue weighted by atomic mass is 10.1. The van der Waals surface area contributed by atoms with E-state index in [9.17, 15) is 9.59 Å². The second-order valence-corrected chi connectivity index (χ2v) is 8.39. The predicted molar refractivity (Wildman–Crippen MR) is 121 cm³/mol. The van der Waals surface area contributed by atoms with Gasteiger partial charge in [-0.15, -0.1) is 11.3 Å². The Kier molecular flexibility index (Phi) is 6.06. The highest BCUT2D eigenvalue weighted by molar-refractivity contribution is 7.17. The van der Waals surface area contributed by atoms with Crippen LogP contribution in [0.1, 0.15) is 44.5 Å². The van der Waals surface area contributed by atoms with Gasteiger partial charge in [0, 0.05) is 4.88 Å². The topological polar surface area (TPSA) is 67.4 Å².